The van der Waals surface area contributed by atoms with E-state index in [0.717, 1.165) is 58.5 Å². The maximum Gasteiger partial charge on any atom is 0.123 e. The fraction of sp³-hybridized carbons (Fsp3) is 0.160. The largest absolute Gasteiger partial charge is 0.494 e. The molecular formula is C25H22FNO. The molecule has 0 aliphatic heterocycles. The van der Waals surface area contributed by atoms with E-state index >= 15 is 0 Å². The molecule has 4 rings (SSSR count). The highest BCUT2D eigenvalue weighted by atomic mass is 19.1. The summed E-state index contributed by atoms with van der Waals surface area (Å²) in [4.78, 5) is 4.65. The van der Waals surface area contributed by atoms with E-state index in [1.165, 1.54) is 12.1 Å². The summed E-state index contributed by atoms with van der Waals surface area (Å²) in [5.74, 6) is 0.666. The van der Waals surface area contributed by atoms with Crippen molar-refractivity contribution in [3.63, 3.8) is 0 Å². The maximum atomic E-state index is 13.3. The van der Waals surface area contributed by atoms with Gasteiger partial charge in [0.05, 0.1) is 17.8 Å². The lowest BCUT2D eigenvalue weighted by molar-refractivity contribution is 0.309. The second-order valence-electron chi connectivity index (χ2n) is 6.84. The number of rotatable bonds is 6. The van der Waals surface area contributed by atoms with Crippen molar-refractivity contribution in [3.05, 3.63) is 84.7 Å². The molecule has 0 aliphatic rings. The molecule has 0 atom stereocenters. The Hall–Kier alpha value is -3.20. The van der Waals surface area contributed by atoms with E-state index < -0.39 is 0 Å². The Labute approximate surface area is 164 Å². The summed E-state index contributed by atoms with van der Waals surface area (Å²) in [5.41, 5.74) is 5.00. The highest BCUT2D eigenvalue weighted by Crippen LogP contribution is 2.27. The minimum Gasteiger partial charge on any atom is -0.494 e. The topological polar surface area (TPSA) is 22.1 Å². The number of aromatic nitrogens is 1. The minimum absolute atomic E-state index is 0.242. The van der Waals surface area contributed by atoms with Gasteiger partial charge >= 0.3 is 0 Å². The zero-order chi connectivity index (χ0) is 19.3. The molecule has 0 N–H and O–H groups in total. The molecule has 0 fully saturated rings. The van der Waals surface area contributed by atoms with Crippen LogP contribution >= 0.6 is 0 Å². The fourth-order valence-corrected chi connectivity index (χ4v) is 3.17. The van der Waals surface area contributed by atoms with Gasteiger partial charge in [0.25, 0.3) is 0 Å². The lowest BCUT2D eigenvalue weighted by Crippen LogP contribution is -1.95. The first-order valence-corrected chi connectivity index (χ1v) is 9.63. The number of halogens is 1. The lowest BCUT2D eigenvalue weighted by atomic mass is 10.0. The molecule has 0 unspecified atom stereocenters. The first-order chi connectivity index (χ1) is 13.7. The number of nitrogens with zero attached hydrogens (tertiary/aromatic N) is 1. The van der Waals surface area contributed by atoms with Crippen LogP contribution in [-0.2, 0) is 0 Å². The van der Waals surface area contributed by atoms with Gasteiger partial charge in [-0.1, -0.05) is 55.8 Å². The van der Waals surface area contributed by atoms with Gasteiger partial charge in [0.2, 0.25) is 0 Å². The molecule has 140 valence electrons. The van der Waals surface area contributed by atoms with E-state index in [0.29, 0.717) is 0 Å². The normalized spacial score (nSPS) is 10.9. The highest BCUT2D eigenvalue weighted by molar-refractivity contribution is 5.82. The van der Waals surface area contributed by atoms with Gasteiger partial charge in [0.1, 0.15) is 11.6 Å². The molecule has 0 aliphatic carbocycles. The van der Waals surface area contributed by atoms with Gasteiger partial charge in [0.15, 0.2) is 0 Å². The van der Waals surface area contributed by atoms with Crippen molar-refractivity contribution >= 4 is 10.9 Å². The summed E-state index contributed by atoms with van der Waals surface area (Å²) < 4.78 is 19.1. The Morgan fingerprint density at radius 3 is 2.18 bits per heavy atom. The molecule has 0 amide bonds. The van der Waals surface area contributed by atoms with Gasteiger partial charge in [-0.2, -0.15) is 0 Å². The standard InChI is InChI=1S/C25H22FNO/c1-2-3-16-28-23-12-8-19(9-13-23)18-4-6-20(7-5-18)24-14-10-21-17-22(26)11-15-25(21)27-24/h4-15,17H,2-3,16H2,1H3. The molecule has 4 aromatic rings. The Morgan fingerprint density at radius 1 is 0.786 bits per heavy atom. The lowest BCUT2D eigenvalue weighted by Gasteiger charge is -2.08. The molecule has 3 heteroatoms. The molecular weight excluding hydrogens is 349 g/mol. The Kier molecular flexibility index (Phi) is 5.34. The van der Waals surface area contributed by atoms with Crippen LogP contribution in [0.2, 0.25) is 0 Å². The van der Waals surface area contributed by atoms with Crippen molar-refractivity contribution in [3.8, 4) is 28.1 Å². The van der Waals surface area contributed by atoms with Gasteiger partial charge in [-0.3, -0.25) is 0 Å². The first-order valence-electron chi connectivity index (χ1n) is 9.63. The third-order valence-corrected chi connectivity index (χ3v) is 4.79. The highest BCUT2D eigenvalue weighted by Gasteiger charge is 2.04. The van der Waals surface area contributed by atoms with Gasteiger partial charge in [-0.05, 0) is 53.9 Å². The minimum atomic E-state index is -0.242. The van der Waals surface area contributed by atoms with Crippen LogP contribution in [-0.4, -0.2) is 11.6 Å². The van der Waals surface area contributed by atoms with Crippen molar-refractivity contribution in [1.82, 2.24) is 4.98 Å². The van der Waals surface area contributed by atoms with E-state index in [-0.39, 0.29) is 5.82 Å². The third kappa shape index (κ3) is 4.04. The van der Waals surface area contributed by atoms with Crippen molar-refractivity contribution in [2.75, 3.05) is 6.61 Å². The van der Waals surface area contributed by atoms with Crippen molar-refractivity contribution < 1.29 is 9.13 Å². The fourth-order valence-electron chi connectivity index (χ4n) is 3.17. The molecule has 1 heterocycles. The summed E-state index contributed by atoms with van der Waals surface area (Å²) in [5, 5.41) is 0.807. The summed E-state index contributed by atoms with van der Waals surface area (Å²) >= 11 is 0. The third-order valence-electron chi connectivity index (χ3n) is 4.79. The number of pyridine rings is 1. The summed E-state index contributed by atoms with van der Waals surface area (Å²) in [6, 6.07) is 25.0. The Bertz CT molecular complexity index is 1070. The van der Waals surface area contributed by atoms with E-state index in [4.69, 9.17) is 4.74 Å². The van der Waals surface area contributed by atoms with Crippen LogP contribution < -0.4 is 4.74 Å². The first kappa shape index (κ1) is 18.2. The molecule has 28 heavy (non-hydrogen) atoms. The van der Waals surface area contributed by atoms with E-state index in [1.807, 2.05) is 24.3 Å². The molecule has 0 saturated heterocycles. The number of fused-ring (bicyclic) bond motifs is 1. The van der Waals surface area contributed by atoms with Crippen LogP contribution in [0.3, 0.4) is 0 Å². The molecule has 1 aromatic heterocycles. The Morgan fingerprint density at radius 2 is 1.46 bits per heavy atom. The summed E-state index contributed by atoms with van der Waals surface area (Å²) in [6.45, 7) is 2.92. The van der Waals surface area contributed by atoms with Crippen molar-refractivity contribution in [2.24, 2.45) is 0 Å². The number of hydrogen-bond donors (Lipinski definition) is 0. The maximum absolute atomic E-state index is 13.3. The summed E-state index contributed by atoms with van der Waals surface area (Å²) in [7, 11) is 0. The van der Waals surface area contributed by atoms with Crippen LogP contribution in [0.1, 0.15) is 19.8 Å². The van der Waals surface area contributed by atoms with Gasteiger partial charge in [0, 0.05) is 10.9 Å². The summed E-state index contributed by atoms with van der Waals surface area (Å²) in [6.07, 6.45) is 2.20. The number of hydrogen-bond acceptors (Lipinski definition) is 2. The predicted molar refractivity (Wildman–Crippen MR) is 113 cm³/mol. The second kappa shape index (κ2) is 8.22. The van der Waals surface area contributed by atoms with Crippen LogP contribution in [0.15, 0.2) is 78.9 Å². The predicted octanol–water partition coefficient (Wildman–Crippen LogP) is 6.89. The monoisotopic (exact) mass is 371 g/mol. The molecule has 0 radical (unpaired) electrons. The van der Waals surface area contributed by atoms with Crippen LogP contribution in [0.5, 0.6) is 5.75 Å². The van der Waals surface area contributed by atoms with E-state index in [2.05, 4.69) is 48.3 Å². The van der Waals surface area contributed by atoms with Crippen molar-refractivity contribution in [1.29, 1.82) is 0 Å². The number of unbranched alkanes of at least 4 members (excludes halogenated alkanes) is 1. The average Bonchev–Trinajstić information content (AvgIpc) is 2.74. The van der Waals surface area contributed by atoms with E-state index in [9.17, 15) is 4.39 Å². The quantitative estimate of drug-likeness (QED) is 0.344. The molecule has 2 nitrogen and oxygen atoms in total. The SMILES string of the molecule is CCCCOc1ccc(-c2ccc(-c3ccc4cc(F)ccc4n3)cc2)cc1. The van der Waals surface area contributed by atoms with Gasteiger partial charge < -0.3 is 4.74 Å². The molecule has 0 bridgehead atoms. The van der Waals surface area contributed by atoms with Crippen LogP contribution in [0.4, 0.5) is 4.39 Å². The van der Waals surface area contributed by atoms with Crippen molar-refractivity contribution in [2.45, 2.75) is 19.8 Å². The van der Waals surface area contributed by atoms with Crippen LogP contribution in [0, 0.1) is 5.82 Å². The zero-order valence-electron chi connectivity index (χ0n) is 15.9. The van der Waals surface area contributed by atoms with Crippen LogP contribution in [0.25, 0.3) is 33.3 Å². The molecule has 0 spiro atoms. The smallest absolute Gasteiger partial charge is 0.123 e. The molecule has 0 saturated carbocycles. The second-order valence-corrected chi connectivity index (χ2v) is 6.84. The van der Waals surface area contributed by atoms with Gasteiger partial charge in [-0.25, -0.2) is 9.37 Å². The average molecular weight is 371 g/mol. The number of ether oxygens (including phenoxy) is 1. The van der Waals surface area contributed by atoms with Gasteiger partial charge in [-0.15, -0.1) is 0 Å². The molecule has 3 aromatic carbocycles. The Balaban J connectivity index is 1.53. The number of benzene rings is 3. The van der Waals surface area contributed by atoms with E-state index in [1.54, 1.807) is 6.07 Å². The zero-order valence-corrected chi connectivity index (χ0v) is 15.9.